The van der Waals surface area contributed by atoms with Crippen molar-refractivity contribution in [2.24, 2.45) is 0 Å². The first-order valence-corrected chi connectivity index (χ1v) is 9.53. The summed E-state index contributed by atoms with van der Waals surface area (Å²) in [4.78, 5) is 4.61. The van der Waals surface area contributed by atoms with Gasteiger partial charge in [-0.3, -0.25) is 0 Å². The van der Waals surface area contributed by atoms with Gasteiger partial charge in [0.25, 0.3) is 0 Å². The summed E-state index contributed by atoms with van der Waals surface area (Å²) < 4.78 is 0. The van der Waals surface area contributed by atoms with E-state index in [9.17, 15) is 0 Å². The van der Waals surface area contributed by atoms with Crippen LogP contribution in [0.25, 0.3) is 0 Å². The molecule has 0 spiro atoms. The number of aromatic nitrogens is 1. The minimum atomic E-state index is 0.550. The van der Waals surface area contributed by atoms with Crippen molar-refractivity contribution >= 4 is 34.9 Å². The van der Waals surface area contributed by atoms with E-state index in [1.807, 2.05) is 0 Å². The monoisotopic (exact) mass is 302 g/mol. The van der Waals surface area contributed by atoms with Crippen LogP contribution >= 0.6 is 34.9 Å². The average Bonchev–Trinajstić information content (AvgIpc) is 2.81. The summed E-state index contributed by atoms with van der Waals surface area (Å²) in [5, 5.41) is 8.43. The van der Waals surface area contributed by atoms with Gasteiger partial charge in [0.05, 0.1) is 10.7 Å². The lowest BCUT2D eigenvalue weighted by Gasteiger charge is -2.35. The van der Waals surface area contributed by atoms with Crippen LogP contribution in [0.1, 0.15) is 24.0 Å². The summed E-state index contributed by atoms with van der Waals surface area (Å²) in [5.41, 5.74) is 1.25. The third-order valence-electron chi connectivity index (χ3n) is 3.36. The Balaban J connectivity index is 2.02. The van der Waals surface area contributed by atoms with Crippen LogP contribution in [0.4, 0.5) is 0 Å². The summed E-state index contributed by atoms with van der Waals surface area (Å²) in [6.07, 6.45) is 2.34. The Morgan fingerprint density at radius 3 is 2.83 bits per heavy atom. The number of nitrogens with zero attached hydrogens (tertiary/aromatic N) is 1. The van der Waals surface area contributed by atoms with Gasteiger partial charge in [-0.05, 0) is 20.4 Å². The first-order chi connectivity index (χ1) is 8.74. The molecule has 2 nitrogen and oxygen atoms in total. The highest BCUT2D eigenvalue weighted by atomic mass is 32.2. The maximum absolute atomic E-state index is 4.61. The molecule has 3 atom stereocenters. The van der Waals surface area contributed by atoms with Gasteiger partial charge in [-0.1, -0.05) is 6.92 Å². The van der Waals surface area contributed by atoms with Gasteiger partial charge in [-0.15, -0.1) is 11.3 Å². The quantitative estimate of drug-likeness (QED) is 0.903. The van der Waals surface area contributed by atoms with Crippen molar-refractivity contribution in [3.8, 4) is 0 Å². The number of likely N-dealkylation sites (N-methyl/N-ethyl adjacent to an activating group) is 1. The van der Waals surface area contributed by atoms with E-state index in [2.05, 4.69) is 60.1 Å². The van der Waals surface area contributed by atoms with E-state index < -0.39 is 0 Å². The molecule has 1 fully saturated rings. The normalized spacial score (nSPS) is 26.2. The number of thiazole rings is 1. The zero-order valence-electron chi connectivity index (χ0n) is 11.3. The fourth-order valence-electron chi connectivity index (χ4n) is 2.42. The Labute approximate surface area is 123 Å². The average molecular weight is 303 g/mol. The van der Waals surface area contributed by atoms with Gasteiger partial charge >= 0.3 is 0 Å². The van der Waals surface area contributed by atoms with E-state index in [4.69, 9.17) is 0 Å². The third-order valence-corrected chi connectivity index (χ3v) is 7.59. The molecule has 0 radical (unpaired) electrons. The molecular weight excluding hydrogens is 280 g/mol. The van der Waals surface area contributed by atoms with Gasteiger partial charge in [0.2, 0.25) is 0 Å². The van der Waals surface area contributed by atoms with Crippen LogP contribution in [-0.4, -0.2) is 40.1 Å². The first-order valence-electron chi connectivity index (χ1n) is 6.56. The second-order valence-corrected chi connectivity index (χ2v) is 8.31. The Hall–Kier alpha value is 0.290. The molecule has 3 unspecified atom stereocenters. The van der Waals surface area contributed by atoms with E-state index in [1.165, 1.54) is 28.6 Å². The van der Waals surface area contributed by atoms with Gasteiger partial charge in [0.1, 0.15) is 0 Å². The molecule has 0 aliphatic carbocycles. The highest BCUT2D eigenvalue weighted by molar-refractivity contribution is 8.07. The highest BCUT2D eigenvalue weighted by Gasteiger charge is 2.31. The van der Waals surface area contributed by atoms with E-state index in [0.29, 0.717) is 6.04 Å². The van der Waals surface area contributed by atoms with Gasteiger partial charge in [-0.25, -0.2) is 4.98 Å². The molecule has 1 aliphatic rings. The van der Waals surface area contributed by atoms with Gasteiger partial charge in [-0.2, -0.15) is 23.5 Å². The van der Waals surface area contributed by atoms with E-state index in [-0.39, 0.29) is 0 Å². The molecule has 1 aromatic heterocycles. The van der Waals surface area contributed by atoms with Gasteiger partial charge in [0, 0.05) is 39.8 Å². The molecule has 1 aliphatic heterocycles. The highest BCUT2D eigenvalue weighted by Crippen LogP contribution is 2.35. The van der Waals surface area contributed by atoms with Crippen molar-refractivity contribution in [2.75, 3.05) is 18.6 Å². The summed E-state index contributed by atoms with van der Waals surface area (Å²) in [7, 11) is 2.09. The van der Waals surface area contributed by atoms with Crippen molar-refractivity contribution in [3.05, 3.63) is 16.1 Å². The molecule has 2 heterocycles. The Morgan fingerprint density at radius 2 is 2.22 bits per heavy atom. The predicted octanol–water partition coefficient (Wildman–Crippen LogP) is 3.21. The maximum Gasteiger partial charge on any atom is 0.0897 e. The SMILES string of the molecule is CCC1SCCSC1C(Cc1csc(C)n1)NC. The number of aryl methyl sites for hydroxylation is 1. The summed E-state index contributed by atoms with van der Waals surface area (Å²) >= 11 is 6.06. The van der Waals surface area contributed by atoms with Gasteiger partial charge < -0.3 is 5.32 Å². The lowest BCUT2D eigenvalue weighted by molar-refractivity contribution is 0.513. The largest absolute Gasteiger partial charge is 0.315 e. The first kappa shape index (κ1) is 14.7. The number of rotatable bonds is 5. The molecule has 5 heteroatoms. The topological polar surface area (TPSA) is 24.9 Å². The fourth-order valence-corrected chi connectivity index (χ4v) is 6.35. The van der Waals surface area contributed by atoms with Crippen LogP contribution in [0.15, 0.2) is 5.38 Å². The van der Waals surface area contributed by atoms with Crippen molar-refractivity contribution in [1.82, 2.24) is 10.3 Å². The van der Waals surface area contributed by atoms with Crippen LogP contribution < -0.4 is 5.32 Å². The Bertz CT molecular complexity index is 367. The van der Waals surface area contributed by atoms with Crippen molar-refractivity contribution < 1.29 is 0 Å². The van der Waals surface area contributed by atoms with Crippen LogP contribution in [0.3, 0.4) is 0 Å². The van der Waals surface area contributed by atoms with E-state index in [1.54, 1.807) is 11.3 Å². The molecule has 1 aromatic rings. The minimum Gasteiger partial charge on any atom is -0.315 e. The third kappa shape index (κ3) is 3.65. The summed E-state index contributed by atoms with van der Waals surface area (Å²) in [5.74, 6) is 2.60. The maximum atomic E-state index is 4.61. The Kier molecular flexibility index (Phi) is 5.86. The number of thioether (sulfide) groups is 2. The second-order valence-electron chi connectivity index (χ2n) is 4.61. The lowest BCUT2D eigenvalue weighted by Crippen LogP contribution is -2.45. The van der Waals surface area contributed by atoms with Crippen LogP contribution in [0, 0.1) is 6.92 Å². The molecule has 1 N–H and O–H groups in total. The zero-order chi connectivity index (χ0) is 13.0. The second kappa shape index (κ2) is 7.17. The molecule has 0 amide bonds. The van der Waals surface area contributed by atoms with E-state index >= 15 is 0 Å². The summed E-state index contributed by atoms with van der Waals surface area (Å²) in [6, 6.07) is 0.550. The Morgan fingerprint density at radius 1 is 1.44 bits per heavy atom. The molecule has 0 aromatic carbocycles. The van der Waals surface area contributed by atoms with Crippen molar-refractivity contribution in [2.45, 2.75) is 43.2 Å². The smallest absolute Gasteiger partial charge is 0.0897 e. The van der Waals surface area contributed by atoms with Gasteiger partial charge in [0.15, 0.2) is 0 Å². The number of nitrogens with one attached hydrogen (secondary N) is 1. The predicted molar refractivity (Wildman–Crippen MR) is 86.2 cm³/mol. The summed E-state index contributed by atoms with van der Waals surface area (Å²) in [6.45, 7) is 4.40. The molecule has 18 heavy (non-hydrogen) atoms. The fraction of sp³-hybridized carbons (Fsp3) is 0.769. The molecule has 0 bridgehead atoms. The van der Waals surface area contributed by atoms with Crippen LogP contribution in [0.2, 0.25) is 0 Å². The molecule has 2 rings (SSSR count). The van der Waals surface area contributed by atoms with Crippen LogP contribution in [-0.2, 0) is 6.42 Å². The minimum absolute atomic E-state index is 0.550. The van der Waals surface area contributed by atoms with Crippen LogP contribution in [0.5, 0.6) is 0 Å². The molecule has 0 saturated carbocycles. The van der Waals surface area contributed by atoms with Crippen molar-refractivity contribution in [1.29, 1.82) is 0 Å². The lowest BCUT2D eigenvalue weighted by atomic mass is 10.0. The van der Waals surface area contributed by atoms with Crippen molar-refractivity contribution in [3.63, 3.8) is 0 Å². The molecular formula is C13H22N2S3. The zero-order valence-corrected chi connectivity index (χ0v) is 13.8. The molecule has 1 saturated heterocycles. The number of hydrogen-bond donors (Lipinski definition) is 1. The number of hydrogen-bond acceptors (Lipinski definition) is 5. The molecule has 102 valence electrons. The standard InChI is InChI=1S/C13H22N2S3/c1-4-12-13(17-6-5-16-12)11(14-3)7-10-8-18-9(2)15-10/h8,11-14H,4-7H2,1-3H3. The van der Waals surface area contributed by atoms with E-state index in [0.717, 1.165) is 16.9 Å².